The lowest BCUT2D eigenvalue weighted by molar-refractivity contribution is -0.163. The lowest BCUT2D eigenvalue weighted by atomic mass is 9.83. The van der Waals surface area contributed by atoms with Gasteiger partial charge in [-0.1, -0.05) is 18.6 Å². The number of allylic oxidation sites excluding steroid dienone is 2. The molecule has 0 spiro atoms. The van der Waals surface area contributed by atoms with Crippen LogP contribution < -0.4 is 0 Å². The molecule has 6 nitrogen and oxygen atoms in total. The molecule has 2 aliphatic rings. The van der Waals surface area contributed by atoms with E-state index in [2.05, 4.69) is 11.9 Å². The van der Waals surface area contributed by atoms with E-state index in [9.17, 15) is 13.2 Å². The first-order chi connectivity index (χ1) is 11.3. The molecule has 1 aliphatic carbocycles. The van der Waals surface area contributed by atoms with Crippen LogP contribution in [0, 0.1) is 5.41 Å². The summed E-state index contributed by atoms with van der Waals surface area (Å²) in [7, 11) is -2.02. The zero-order valence-corrected chi connectivity index (χ0v) is 16.7. The van der Waals surface area contributed by atoms with E-state index < -0.39 is 27.1 Å². The summed E-state index contributed by atoms with van der Waals surface area (Å²) in [6, 6.07) is 0. The van der Waals surface area contributed by atoms with Gasteiger partial charge in [-0.2, -0.15) is 8.42 Å². The number of hydrogen-bond acceptors (Lipinski definition) is 5. The van der Waals surface area contributed by atoms with Crippen molar-refractivity contribution in [3.63, 3.8) is 0 Å². The predicted octanol–water partition coefficient (Wildman–Crippen LogP) is 3.17. The Bertz CT molecular complexity index is 624. The standard InChI is InChI=1S/C12H18O5S.C6H13N/c1-11(2,3)17-10(13)12(4)7-5-9(6-8-12)18(14,15)16;1-7-5-3-2-4-6-7/h5-7H,8H2,1-4H3,(H,14,15,16);2-6H2,1H3. The highest BCUT2D eigenvalue weighted by atomic mass is 32.2. The van der Waals surface area contributed by atoms with E-state index in [1.54, 1.807) is 27.7 Å². The first-order valence-electron chi connectivity index (χ1n) is 8.62. The largest absolute Gasteiger partial charge is 0.459 e. The highest BCUT2D eigenvalue weighted by molar-refractivity contribution is 7.90. The lowest BCUT2D eigenvalue weighted by Gasteiger charge is -2.29. The number of likely N-dealkylation sites (tertiary alicyclic amines) is 1. The topological polar surface area (TPSA) is 83.9 Å². The Morgan fingerprint density at radius 1 is 1.24 bits per heavy atom. The minimum Gasteiger partial charge on any atom is -0.459 e. The van der Waals surface area contributed by atoms with Gasteiger partial charge in [-0.15, -0.1) is 0 Å². The van der Waals surface area contributed by atoms with E-state index in [1.807, 2.05) is 0 Å². The van der Waals surface area contributed by atoms with Gasteiger partial charge < -0.3 is 9.64 Å². The summed E-state index contributed by atoms with van der Waals surface area (Å²) in [4.78, 5) is 14.2. The molecule has 0 aromatic heterocycles. The molecule has 1 saturated heterocycles. The van der Waals surface area contributed by atoms with Crippen LogP contribution in [0.5, 0.6) is 0 Å². The monoisotopic (exact) mass is 373 g/mol. The van der Waals surface area contributed by atoms with Gasteiger partial charge in [-0.3, -0.25) is 9.35 Å². The van der Waals surface area contributed by atoms with Crippen LogP contribution in [0.15, 0.2) is 23.1 Å². The Balaban J connectivity index is 0.000000370. The lowest BCUT2D eigenvalue weighted by Crippen LogP contribution is -2.35. The zero-order chi connectivity index (χ0) is 19.3. The second kappa shape index (κ2) is 8.47. The molecule has 0 radical (unpaired) electrons. The number of carbonyl (C=O) groups is 1. The minimum absolute atomic E-state index is 0.174. The number of nitrogens with zero attached hydrogens (tertiary/aromatic N) is 1. The van der Waals surface area contributed by atoms with Crippen molar-refractivity contribution in [3.8, 4) is 0 Å². The summed E-state index contributed by atoms with van der Waals surface area (Å²) < 4.78 is 36.0. The fourth-order valence-electron chi connectivity index (χ4n) is 2.50. The quantitative estimate of drug-likeness (QED) is 0.591. The molecule has 0 aromatic rings. The molecule has 7 heteroatoms. The molecular formula is C18H31NO5S. The fourth-order valence-corrected chi connectivity index (χ4v) is 3.04. The number of esters is 1. The summed E-state index contributed by atoms with van der Waals surface area (Å²) in [6.45, 7) is 9.59. The van der Waals surface area contributed by atoms with Crippen molar-refractivity contribution in [2.75, 3.05) is 20.1 Å². The van der Waals surface area contributed by atoms with E-state index >= 15 is 0 Å². The maximum absolute atomic E-state index is 12.0. The smallest absolute Gasteiger partial charge is 0.316 e. The van der Waals surface area contributed by atoms with Crippen LogP contribution >= 0.6 is 0 Å². The van der Waals surface area contributed by atoms with E-state index in [1.165, 1.54) is 50.6 Å². The number of piperidine rings is 1. The molecule has 0 bridgehead atoms. The second-order valence-electron chi connectivity index (χ2n) is 7.90. The normalized spacial score (nSPS) is 24.8. The molecule has 0 amide bonds. The van der Waals surface area contributed by atoms with E-state index in [4.69, 9.17) is 9.29 Å². The predicted molar refractivity (Wildman–Crippen MR) is 98.7 cm³/mol. The molecule has 1 heterocycles. The Labute approximate surface area is 151 Å². The van der Waals surface area contributed by atoms with Gasteiger partial charge in [0.1, 0.15) is 5.60 Å². The molecule has 25 heavy (non-hydrogen) atoms. The molecule has 2 rings (SSSR count). The molecule has 1 N–H and O–H groups in total. The molecule has 144 valence electrons. The van der Waals surface area contributed by atoms with Crippen LogP contribution in [0.4, 0.5) is 0 Å². The van der Waals surface area contributed by atoms with Gasteiger partial charge in [0.15, 0.2) is 0 Å². The third-order valence-electron chi connectivity index (χ3n) is 4.09. The number of rotatable bonds is 2. The highest BCUT2D eigenvalue weighted by Crippen LogP contribution is 2.33. The molecule has 1 fully saturated rings. The zero-order valence-electron chi connectivity index (χ0n) is 15.9. The number of hydrogen-bond donors (Lipinski definition) is 1. The molecule has 1 atom stereocenters. The van der Waals surface area contributed by atoms with Crippen LogP contribution in [-0.4, -0.2) is 49.6 Å². The van der Waals surface area contributed by atoms with Gasteiger partial charge in [-0.05, 0) is 73.2 Å². The maximum Gasteiger partial charge on any atom is 0.316 e. The molecule has 0 saturated carbocycles. The van der Waals surface area contributed by atoms with Crippen LogP contribution in [0.1, 0.15) is 53.4 Å². The Morgan fingerprint density at radius 3 is 2.12 bits per heavy atom. The molecule has 1 unspecified atom stereocenters. The Morgan fingerprint density at radius 2 is 1.80 bits per heavy atom. The summed E-state index contributed by atoms with van der Waals surface area (Å²) in [5, 5.41) is 0. The van der Waals surface area contributed by atoms with E-state index in [0.717, 1.165) is 0 Å². The third kappa shape index (κ3) is 7.71. The number of carbonyl (C=O) groups excluding carboxylic acids is 1. The first kappa shape index (κ1) is 21.9. The van der Waals surface area contributed by atoms with Crippen LogP contribution in [0.3, 0.4) is 0 Å². The summed E-state index contributed by atoms with van der Waals surface area (Å²) in [5.74, 6) is -0.420. The highest BCUT2D eigenvalue weighted by Gasteiger charge is 2.36. The van der Waals surface area contributed by atoms with E-state index in [-0.39, 0.29) is 11.3 Å². The summed E-state index contributed by atoms with van der Waals surface area (Å²) >= 11 is 0. The van der Waals surface area contributed by atoms with Crippen LogP contribution in [-0.2, 0) is 19.6 Å². The molecular weight excluding hydrogens is 342 g/mol. The fraction of sp³-hybridized carbons (Fsp3) is 0.722. The van der Waals surface area contributed by atoms with Crippen molar-refractivity contribution in [2.24, 2.45) is 5.41 Å². The average Bonchev–Trinajstić information content (AvgIpc) is 2.46. The van der Waals surface area contributed by atoms with Crippen molar-refractivity contribution >= 4 is 16.1 Å². The van der Waals surface area contributed by atoms with E-state index in [0.29, 0.717) is 0 Å². The van der Waals surface area contributed by atoms with Crippen LogP contribution in [0.25, 0.3) is 0 Å². The second-order valence-corrected chi connectivity index (χ2v) is 9.32. The van der Waals surface area contributed by atoms with Gasteiger partial charge in [0, 0.05) is 0 Å². The number of ether oxygens (including phenoxy) is 1. The van der Waals surface area contributed by atoms with Gasteiger partial charge in [-0.25, -0.2) is 0 Å². The average molecular weight is 374 g/mol. The van der Waals surface area contributed by atoms with Crippen LogP contribution in [0.2, 0.25) is 0 Å². The molecule has 1 aliphatic heterocycles. The van der Waals surface area contributed by atoms with Crippen molar-refractivity contribution in [1.82, 2.24) is 4.90 Å². The Kier molecular flexibility index (Phi) is 7.40. The minimum atomic E-state index is -4.21. The molecule has 0 aromatic carbocycles. The van der Waals surface area contributed by atoms with Gasteiger partial charge >= 0.3 is 5.97 Å². The van der Waals surface area contributed by atoms with Gasteiger partial charge in [0.05, 0.1) is 10.3 Å². The van der Waals surface area contributed by atoms with Gasteiger partial charge in [0.2, 0.25) is 0 Å². The summed E-state index contributed by atoms with van der Waals surface area (Å²) in [5.41, 5.74) is -1.50. The SMILES string of the molecule is CC(C)(C)OC(=O)C1(C)C=CC(S(=O)(=O)O)=CC1.CN1CCCCC1. The van der Waals surface area contributed by atoms with Crippen molar-refractivity contribution in [3.05, 3.63) is 23.1 Å². The summed E-state index contributed by atoms with van der Waals surface area (Å²) in [6.07, 6.45) is 8.44. The Hall–Kier alpha value is -1.18. The van der Waals surface area contributed by atoms with Crippen molar-refractivity contribution < 1.29 is 22.5 Å². The first-order valence-corrected chi connectivity index (χ1v) is 10.1. The van der Waals surface area contributed by atoms with Gasteiger partial charge in [0.25, 0.3) is 10.1 Å². The van der Waals surface area contributed by atoms with Crippen molar-refractivity contribution in [1.29, 1.82) is 0 Å². The maximum atomic E-state index is 12.0. The van der Waals surface area contributed by atoms with Crippen molar-refractivity contribution in [2.45, 2.75) is 59.0 Å². The third-order valence-corrected chi connectivity index (χ3v) is 4.98.